The maximum absolute atomic E-state index is 12.7. The number of carbonyl (C=O) groups excluding carboxylic acids is 3. The molecule has 0 saturated carbocycles. The molecule has 3 N–H and O–H groups in total. The second-order valence-electron chi connectivity index (χ2n) is 5.66. The van der Waals surface area contributed by atoms with Crippen molar-refractivity contribution in [1.29, 1.82) is 0 Å². The van der Waals surface area contributed by atoms with E-state index >= 15 is 0 Å². The van der Waals surface area contributed by atoms with Crippen molar-refractivity contribution in [3.8, 4) is 0 Å². The van der Waals surface area contributed by atoms with Gasteiger partial charge in [-0.15, -0.1) is 0 Å². The third-order valence-electron chi connectivity index (χ3n) is 3.47. The molecule has 0 radical (unpaired) electrons. The zero-order valence-corrected chi connectivity index (χ0v) is 12.1. The molecule has 1 fully saturated rings. The number of nitrogens with zero attached hydrogens (tertiary/aromatic N) is 1. The van der Waals surface area contributed by atoms with Crippen LogP contribution in [0.25, 0.3) is 0 Å². The Morgan fingerprint density at radius 2 is 1.90 bits per heavy atom. The lowest BCUT2D eigenvalue weighted by atomic mass is 9.82. The van der Waals surface area contributed by atoms with Crippen molar-refractivity contribution in [3.05, 3.63) is 35.9 Å². The highest BCUT2D eigenvalue weighted by molar-refractivity contribution is 6.09. The lowest BCUT2D eigenvalue weighted by Gasteiger charge is -2.29. The average molecular weight is 289 g/mol. The number of urea groups is 1. The van der Waals surface area contributed by atoms with E-state index < -0.39 is 29.9 Å². The summed E-state index contributed by atoms with van der Waals surface area (Å²) >= 11 is 0. The monoisotopic (exact) mass is 289 g/mol. The number of amides is 4. The molecule has 112 valence electrons. The summed E-state index contributed by atoms with van der Waals surface area (Å²) in [5, 5.41) is 2.75. The number of hydrogen-bond donors (Lipinski definition) is 2. The topological polar surface area (TPSA) is 92.5 Å². The molecule has 1 aliphatic rings. The largest absolute Gasteiger partial charge is 0.368 e. The molecule has 0 aromatic heterocycles. The van der Waals surface area contributed by atoms with Gasteiger partial charge in [0.1, 0.15) is 12.1 Å². The molecule has 0 aliphatic carbocycles. The van der Waals surface area contributed by atoms with Crippen LogP contribution in [0.1, 0.15) is 25.8 Å². The molecule has 0 bridgehead atoms. The van der Waals surface area contributed by atoms with E-state index in [1.54, 1.807) is 12.1 Å². The lowest BCUT2D eigenvalue weighted by molar-refractivity contribution is -0.135. The van der Waals surface area contributed by atoms with E-state index in [-0.39, 0.29) is 5.92 Å². The van der Waals surface area contributed by atoms with Crippen molar-refractivity contribution < 1.29 is 14.4 Å². The summed E-state index contributed by atoms with van der Waals surface area (Å²) in [5.74, 6) is -0.957. The van der Waals surface area contributed by atoms with Crippen LogP contribution in [0.2, 0.25) is 0 Å². The van der Waals surface area contributed by atoms with Crippen LogP contribution in [0.15, 0.2) is 30.3 Å². The van der Waals surface area contributed by atoms with Crippen molar-refractivity contribution in [2.75, 3.05) is 6.54 Å². The van der Waals surface area contributed by atoms with Crippen molar-refractivity contribution >= 4 is 17.8 Å². The molecular weight excluding hydrogens is 270 g/mol. The zero-order valence-electron chi connectivity index (χ0n) is 12.1. The standard InChI is InChI=1S/C15H19N3O3/c1-10(2)8-15(11-6-4-3-5-7-11)13(20)18(9-12(16)19)14(21)17-15/h3-7,10H,8-9H2,1-2H3,(H2,16,19)(H,17,21). The number of nitrogens with two attached hydrogens (primary N) is 1. The summed E-state index contributed by atoms with van der Waals surface area (Å²) in [6.07, 6.45) is 0.455. The summed E-state index contributed by atoms with van der Waals surface area (Å²) in [4.78, 5) is 36.8. The van der Waals surface area contributed by atoms with Crippen LogP contribution in [0.5, 0.6) is 0 Å². The first-order valence-corrected chi connectivity index (χ1v) is 6.85. The van der Waals surface area contributed by atoms with Crippen molar-refractivity contribution in [1.82, 2.24) is 10.2 Å². The molecule has 4 amide bonds. The quantitative estimate of drug-likeness (QED) is 0.791. The molecule has 6 heteroatoms. The first-order valence-electron chi connectivity index (χ1n) is 6.85. The highest BCUT2D eigenvalue weighted by atomic mass is 16.2. The molecule has 1 atom stereocenters. The number of rotatable bonds is 5. The Labute approximate surface area is 123 Å². The molecule has 1 aliphatic heterocycles. The molecule has 21 heavy (non-hydrogen) atoms. The van der Waals surface area contributed by atoms with Gasteiger partial charge in [0.25, 0.3) is 5.91 Å². The second-order valence-corrected chi connectivity index (χ2v) is 5.66. The van der Waals surface area contributed by atoms with Gasteiger partial charge in [-0.2, -0.15) is 0 Å². The summed E-state index contributed by atoms with van der Waals surface area (Å²) in [5.41, 5.74) is 4.70. The molecule has 0 spiro atoms. The van der Waals surface area contributed by atoms with Gasteiger partial charge in [-0.25, -0.2) is 4.79 Å². The van der Waals surface area contributed by atoms with Crippen molar-refractivity contribution in [2.24, 2.45) is 11.7 Å². The Hall–Kier alpha value is -2.37. The summed E-state index contributed by atoms with van der Waals surface area (Å²) in [7, 11) is 0. The number of imide groups is 1. The van der Waals surface area contributed by atoms with Crippen LogP contribution in [-0.4, -0.2) is 29.3 Å². The number of primary amides is 1. The minimum absolute atomic E-state index is 0.183. The fourth-order valence-corrected chi connectivity index (χ4v) is 2.71. The number of benzene rings is 1. The van der Waals surface area contributed by atoms with Gasteiger partial charge in [-0.1, -0.05) is 44.2 Å². The van der Waals surface area contributed by atoms with E-state index in [9.17, 15) is 14.4 Å². The summed E-state index contributed by atoms with van der Waals surface area (Å²) in [6, 6.07) is 8.49. The molecule has 1 aromatic carbocycles. The van der Waals surface area contributed by atoms with Crippen LogP contribution in [-0.2, 0) is 15.1 Å². The van der Waals surface area contributed by atoms with Gasteiger partial charge in [-0.05, 0) is 17.9 Å². The van der Waals surface area contributed by atoms with Gasteiger partial charge in [0, 0.05) is 0 Å². The second kappa shape index (κ2) is 5.55. The van der Waals surface area contributed by atoms with E-state index in [0.717, 1.165) is 4.90 Å². The minimum atomic E-state index is -1.12. The van der Waals surface area contributed by atoms with Gasteiger partial charge in [0.2, 0.25) is 5.91 Å². The smallest absolute Gasteiger partial charge is 0.325 e. The number of hydrogen-bond acceptors (Lipinski definition) is 3. The van der Waals surface area contributed by atoms with Crippen molar-refractivity contribution in [3.63, 3.8) is 0 Å². The highest BCUT2D eigenvalue weighted by Crippen LogP contribution is 2.34. The Morgan fingerprint density at radius 3 is 2.43 bits per heavy atom. The van der Waals surface area contributed by atoms with E-state index in [1.165, 1.54) is 0 Å². The first-order chi connectivity index (χ1) is 9.86. The molecule has 6 nitrogen and oxygen atoms in total. The molecular formula is C15H19N3O3. The van der Waals surface area contributed by atoms with E-state index in [2.05, 4.69) is 5.32 Å². The van der Waals surface area contributed by atoms with E-state index in [0.29, 0.717) is 12.0 Å². The number of carbonyl (C=O) groups is 3. The Bertz CT molecular complexity index is 571. The third kappa shape index (κ3) is 2.74. The molecule has 1 aromatic rings. The van der Waals surface area contributed by atoms with E-state index in [1.807, 2.05) is 32.0 Å². The van der Waals surface area contributed by atoms with Gasteiger partial charge in [-0.3, -0.25) is 14.5 Å². The van der Waals surface area contributed by atoms with Crippen LogP contribution in [0, 0.1) is 5.92 Å². The molecule has 1 saturated heterocycles. The van der Waals surface area contributed by atoms with Crippen LogP contribution < -0.4 is 11.1 Å². The Kier molecular flexibility index (Phi) is 3.97. The van der Waals surface area contributed by atoms with Gasteiger partial charge in [0.05, 0.1) is 0 Å². The minimum Gasteiger partial charge on any atom is -0.368 e. The zero-order chi connectivity index (χ0) is 15.6. The summed E-state index contributed by atoms with van der Waals surface area (Å²) < 4.78 is 0. The van der Waals surface area contributed by atoms with Crippen LogP contribution >= 0.6 is 0 Å². The Morgan fingerprint density at radius 1 is 1.29 bits per heavy atom. The first kappa shape index (κ1) is 15.0. The third-order valence-corrected chi connectivity index (χ3v) is 3.47. The molecule has 2 rings (SSSR count). The Balaban J connectivity index is 2.45. The lowest BCUT2D eigenvalue weighted by Crippen LogP contribution is -2.45. The fourth-order valence-electron chi connectivity index (χ4n) is 2.71. The van der Waals surface area contributed by atoms with E-state index in [4.69, 9.17) is 5.73 Å². The fraction of sp³-hybridized carbons (Fsp3) is 0.400. The molecule has 1 heterocycles. The predicted octanol–water partition coefficient (Wildman–Crippen LogP) is 0.965. The normalized spacial score (nSPS) is 21.8. The highest BCUT2D eigenvalue weighted by Gasteiger charge is 2.52. The molecule has 1 unspecified atom stereocenters. The van der Waals surface area contributed by atoms with Crippen molar-refractivity contribution in [2.45, 2.75) is 25.8 Å². The van der Waals surface area contributed by atoms with Crippen LogP contribution in [0.3, 0.4) is 0 Å². The SMILES string of the molecule is CC(C)CC1(c2ccccc2)NC(=O)N(CC(N)=O)C1=O. The predicted molar refractivity (Wildman–Crippen MR) is 77.0 cm³/mol. The average Bonchev–Trinajstić information content (AvgIpc) is 2.64. The maximum atomic E-state index is 12.7. The summed E-state index contributed by atoms with van der Waals surface area (Å²) in [6.45, 7) is 3.54. The van der Waals surface area contributed by atoms with Gasteiger partial charge < -0.3 is 11.1 Å². The van der Waals surface area contributed by atoms with Gasteiger partial charge in [0.15, 0.2) is 0 Å². The maximum Gasteiger partial charge on any atom is 0.325 e. The van der Waals surface area contributed by atoms with Crippen LogP contribution in [0.4, 0.5) is 4.79 Å². The number of nitrogens with one attached hydrogen (secondary N) is 1. The van der Waals surface area contributed by atoms with Gasteiger partial charge >= 0.3 is 6.03 Å².